The zero-order valence-electron chi connectivity index (χ0n) is 18.4. The maximum absolute atomic E-state index is 6.93. The van der Waals surface area contributed by atoms with Crippen LogP contribution >= 0.6 is 36.4 Å². The van der Waals surface area contributed by atoms with Gasteiger partial charge in [0.05, 0.1) is 0 Å². The number of halogens is 3. The zero-order chi connectivity index (χ0) is 19.4. The van der Waals surface area contributed by atoms with Gasteiger partial charge in [0.2, 0.25) is 0 Å². The minimum absolute atomic E-state index is 0. The summed E-state index contributed by atoms with van der Waals surface area (Å²) in [6.45, 7) is 13.6. The third-order valence-electron chi connectivity index (χ3n) is 5.77. The molecule has 0 saturated carbocycles. The summed E-state index contributed by atoms with van der Waals surface area (Å²) in [6.07, 6.45) is 0. The second kappa shape index (κ2) is 8.71. The van der Waals surface area contributed by atoms with Crippen molar-refractivity contribution in [2.24, 2.45) is 5.92 Å². The summed E-state index contributed by atoms with van der Waals surface area (Å²) < 4.78 is 8.60. The number of hydrogen-bond donors (Lipinski definition) is 0. The molecule has 1 aliphatic carbocycles. The van der Waals surface area contributed by atoms with Crippen molar-refractivity contribution in [3.63, 3.8) is 0 Å². The molecule has 27 heavy (non-hydrogen) atoms. The second-order valence-electron chi connectivity index (χ2n) is 10.1. The molecule has 1 unspecified atom stereocenters. The minimum atomic E-state index is -3.16. The van der Waals surface area contributed by atoms with Gasteiger partial charge in [-0.1, -0.05) is 0 Å². The van der Waals surface area contributed by atoms with Crippen molar-refractivity contribution >= 4 is 54.8 Å². The summed E-state index contributed by atoms with van der Waals surface area (Å²) in [5.74, 6) is 1.50. The normalized spacial score (nSPS) is 19.4. The zero-order valence-corrected chi connectivity index (χ0v) is 26.4. The molecule has 1 nitrogen and oxygen atoms in total. The van der Waals surface area contributed by atoms with Crippen LogP contribution in [0.2, 0.25) is 15.5 Å². The maximum Gasteiger partial charge on any atom is -0.147 e. The molecule has 1 atom stereocenters. The minimum Gasteiger partial charge on any atom is -0.147 e. The molecule has 1 aromatic rings. The molecule has 2 rings (SSSR count). The first-order valence-corrected chi connectivity index (χ1v) is 20.8. The molecule has 0 aromatic heterocycles. The summed E-state index contributed by atoms with van der Waals surface area (Å²) in [6, 6.07) is 6.28. The summed E-state index contributed by atoms with van der Waals surface area (Å²) in [4.78, 5) is 0. The molecule has 0 aliphatic heterocycles. The monoisotopic (exact) mass is 501 g/mol. The fraction of sp³-hybridized carbons (Fsp3) is 0.500. The molecule has 0 spiro atoms. The third kappa shape index (κ3) is 5.78. The van der Waals surface area contributed by atoms with Crippen LogP contribution in [0, 0.1) is 5.92 Å². The molecule has 7 heteroatoms. The van der Waals surface area contributed by atoms with Crippen LogP contribution in [-0.4, -0.2) is 18.4 Å². The van der Waals surface area contributed by atoms with Crippen molar-refractivity contribution < 1.29 is 18.3 Å². The Balaban J connectivity index is 0.00000338. The fourth-order valence-corrected chi connectivity index (χ4v) is 21.8. The van der Waals surface area contributed by atoms with E-state index in [9.17, 15) is 0 Å². The first-order chi connectivity index (χ1) is 11.1. The first kappa shape index (κ1) is 27.5. The van der Waals surface area contributed by atoms with Crippen LogP contribution in [0.3, 0.4) is 0 Å². The maximum atomic E-state index is 6.93. The average molecular weight is 503 g/mol. The Hall–Kier alpha value is 0.518. The van der Waals surface area contributed by atoms with Crippen molar-refractivity contribution in [1.29, 1.82) is 0 Å². The predicted octanol–water partition coefficient (Wildman–Crippen LogP) is 5.40. The quantitative estimate of drug-likeness (QED) is 0.503. The van der Waals surface area contributed by atoms with E-state index in [2.05, 4.69) is 64.1 Å². The van der Waals surface area contributed by atoms with Crippen molar-refractivity contribution in [3.05, 3.63) is 49.0 Å². The van der Waals surface area contributed by atoms with Crippen LogP contribution in [0.4, 0.5) is 0 Å². The topological polar surface area (TPSA) is 9.23 Å². The molecule has 0 amide bonds. The Morgan fingerprint density at radius 3 is 2.00 bits per heavy atom. The smallest absolute Gasteiger partial charge is 0.147 e. The molecule has 0 N–H and O–H groups in total. The van der Waals surface area contributed by atoms with E-state index in [4.69, 9.17) is 14.9 Å². The van der Waals surface area contributed by atoms with E-state index in [0.717, 1.165) is 29.1 Å². The van der Waals surface area contributed by atoms with Crippen molar-refractivity contribution in [1.82, 2.24) is 0 Å². The SMILES string of the molecule is CC1=C(C)C(C)[C]([Ti]([CH3])([CH3])([SiH3])[O]c2cc(Cl)cc(C(C)(C)C)c2)=C1[SiH3].Cl.Cl. The van der Waals surface area contributed by atoms with Crippen LogP contribution < -0.4 is 3.32 Å². The van der Waals surface area contributed by atoms with Gasteiger partial charge in [0, 0.05) is 0 Å². The molecule has 1 aromatic carbocycles. The number of benzene rings is 1. The molecule has 0 bridgehead atoms. The van der Waals surface area contributed by atoms with E-state index < -0.39 is 14.9 Å². The van der Waals surface area contributed by atoms with E-state index in [1.807, 2.05) is 6.07 Å². The standard InChI is InChI=1S/C10H13ClO.C8H13Si.2CH3.2ClH.H3Si.Ti/c1-10(2,3)7-4-8(11)6-9(12)5-7;1-5-4-8(9)7(3)6(5)2;;;;;;/h4-6,12H,1-3H3;5H,1-3,9H3;2*1H3;2*1H;1H3;/q;;;;;;;+1/p-1. The van der Waals surface area contributed by atoms with Gasteiger partial charge in [-0.25, -0.2) is 0 Å². The Bertz CT molecular complexity index is 787. The Morgan fingerprint density at radius 1 is 1.07 bits per heavy atom. The van der Waals surface area contributed by atoms with Crippen molar-refractivity contribution in [2.75, 3.05) is 0 Å². The molecular formula is C20H36Cl3OSi2Ti. The van der Waals surface area contributed by atoms with Crippen LogP contribution in [0.15, 0.2) is 38.4 Å². The molecular weight excluding hydrogens is 467 g/mol. The van der Waals surface area contributed by atoms with E-state index >= 15 is 0 Å². The molecule has 0 heterocycles. The Morgan fingerprint density at radius 2 is 1.59 bits per heavy atom. The van der Waals surface area contributed by atoms with Gasteiger partial charge in [0.25, 0.3) is 0 Å². The van der Waals surface area contributed by atoms with Crippen molar-refractivity contribution in [3.8, 4) is 5.75 Å². The summed E-state index contributed by atoms with van der Waals surface area (Å²) in [5, 5.41) is 7.30. The predicted molar refractivity (Wildman–Crippen MR) is 131 cm³/mol. The van der Waals surface area contributed by atoms with E-state index in [1.165, 1.54) is 11.1 Å². The van der Waals surface area contributed by atoms with Gasteiger partial charge in [-0.05, 0) is 0 Å². The van der Waals surface area contributed by atoms with Gasteiger partial charge in [-0.3, -0.25) is 0 Å². The van der Waals surface area contributed by atoms with Crippen LogP contribution in [0.5, 0.6) is 5.75 Å². The van der Waals surface area contributed by atoms with Gasteiger partial charge in [-0.15, -0.1) is 24.8 Å². The van der Waals surface area contributed by atoms with Gasteiger partial charge >= 0.3 is 166 Å². The van der Waals surface area contributed by atoms with Crippen molar-refractivity contribution in [2.45, 2.75) is 57.4 Å². The summed E-state index contributed by atoms with van der Waals surface area (Å²) in [7, 11) is 2.19. The summed E-state index contributed by atoms with van der Waals surface area (Å²) >= 11 is 3.27. The molecule has 155 valence electrons. The average Bonchev–Trinajstić information content (AvgIpc) is 2.60. The van der Waals surface area contributed by atoms with Gasteiger partial charge < -0.3 is 0 Å². The van der Waals surface area contributed by atoms with E-state index in [-0.39, 0.29) is 30.2 Å². The van der Waals surface area contributed by atoms with Gasteiger partial charge in [0.15, 0.2) is 0 Å². The number of rotatable bonds is 3. The van der Waals surface area contributed by atoms with Gasteiger partial charge in [-0.2, -0.15) is 0 Å². The van der Waals surface area contributed by atoms with Crippen LogP contribution in [0.25, 0.3) is 0 Å². The second-order valence-corrected chi connectivity index (χ2v) is 33.9. The molecule has 0 fully saturated rings. The first-order valence-electron chi connectivity index (χ1n) is 9.23. The molecule has 0 saturated heterocycles. The van der Waals surface area contributed by atoms with Gasteiger partial charge in [0.1, 0.15) is 0 Å². The summed E-state index contributed by atoms with van der Waals surface area (Å²) in [5.41, 5.74) is 4.37. The molecule has 1 aliphatic rings. The Labute approximate surface area is 190 Å². The molecule has 0 radical (unpaired) electrons. The fourth-order valence-electron chi connectivity index (χ4n) is 4.26. The number of allylic oxidation sites excluding steroid dienone is 4. The van der Waals surface area contributed by atoms with Crippen LogP contribution in [0.1, 0.15) is 47.1 Å². The number of hydrogen-bond acceptors (Lipinski definition) is 1. The Kier molecular flexibility index (Phi) is 8.88. The van der Waals surface area contributed by atoms with Crippen LogP contribution in [-0.2, 0) is 20.4 Å². The third-order valence-corrected chi connectivity index (χ3v) is 16.7. The van der Waals surface area contributed by atoms with E-state index in [0.29, 0.717) is 5.92 Å². The van der Waals surface area contributed by atoms with E-state index in [1.54, 1.807) is 14.6 Å². The largest absolute Gasteiger partial charge is 0.147 e.